The first kappa shape index (κ1) is 20.1. The Bertz CT molecular complexity index is 767. The Kier molecular flexibility index (Phi) is 6.39. The van der Waals surface area contributed by atoms with Gasteiger partial charge in [-0.25, -0.2) is 8.42 Å². The fourth-order valence-corrected chi connectivity index (χ4v) is 5.63. The van der Waals surface area contributed by atoms with E-state index in [4.69, 9.17) is 9.47 Å². The van der Waals surface area contributed by atoms with E-state index in [9.17, 15) is 13.2 Å². The van der Waals surface area contributed by atoms with E-state index in [2.05, 4.69) is 0 Å². The van der Waals surface area contributed by atoms with E-state index in [1.165, 1.54) is 4.31 Å². The Balaban J connectivity index is 1.94. The number of methoxy groups -OCH3 is 1. The molecule has 1 fully saturated rings. The molecule has 1 saturated heterocycles. The number of hydrogen-bond acceptors (Lipinski definition) is 5. The Labute approximate surface area is 161 Å². The first-order chi connectivity index (χ1) is 13.0. The number of benzene rings is 1. The molecule has 150 valence electrons. The summed E-state index contributed by atoms with van der Waals surface area (Å²) in [4.78, 5) is 14.4. The number of fused-ring (bicyclic) bond motifs is 2. The average Bonchev–Trinajstić information content (AvgIpc) is 2.89. The molecule has 1 aromatic rings. The van der Waals surface area contributed by atoms with Crippen LogP contribution in [-0.2, 0) is 19.6 Å². The number of sulfonamides is 1. The standard InChI is InChI=1S/C19H28N2O5S/c1-3-6-19(22)20-11-9-15-16(10-12-20)26-17-7-4-5-8-18(17)27(23,24)21(15)13-14-25-2/h4-5,7-8,15-16H,3,6,9-14H2,1-2H3/t15-,16-/m1/s1. The predicted octanol–water partition coefficient (Wildman–Crippen LogP) is 1.88. The molecule has 0 aliphatic carbocycles. The van der Waals surface area contributed by atoms with Crippen molar-refractivity contribution in [2.24, 2.45) is 0 Å². The molecule has 0 aromatic heterocycles. The third-order valence-corrected chi connectivity index (χ3v) is 7.19. The van der Waals surface area contributed by atoms with E-state index < -0.39 is 10.0 Å². The van der Waals surface area contributed by atoms with Gasteiger partial charge >= 0.3 is 0 Å². The van der Waals surface area contributed by atoms with Crippen molar-refractivity contribution in [3.63, 3.8) is 0 Å². The summed E-state index contributed by atoms with van der Waals surface area (Å²) in [5, 5.41) is 0. The van der Waals surface area contributed by atoms with Gasteiger partial charge in [0, 0.05) is 39.6 Å². The van der Waals surface area contributed by atoms with Crippen LogP contribution in [0.1, 0.15) is 32.6 Å². The Hall–Kier alpha value is -1.64. The van der Waals surface area contributed by atoms with Gasteiger partial charge in [-0.3, -0.25) is 4.79 Å². The smallest absolute Gasteiger partial charge is 0.247 e. The molecule has 2 heterocycles. The van der Waals surface area contributed by atoms with Gasteiger partial charge in [0.05, 0.1) is 12.6 Å². The van der Waals surface area contributed by atoms with E-state index >= 15 is 0 Å². The quantitative estimate of drug-likeness (QED) is 0.760. The van der Waals surface area contributed by atoms with Crippen LogP contribution >= 0.6 is 0 Å². The van der Waals surface area contributed by atoms with Gasteiger partial charge in [-0.2, -0.15) is 4.31 Å². The van der Waals surface area contributed by atoms with Crippen LogP contribution in [0.4, 0.5) is 0 Å². The molecule has 1 amide bonds. The highest BCUT2D eigenvalue weighted by atomic mass is 32.2. The van der Waals surface area contributed by atoms with Crippen molar-refractivity contribution in [2.75, 3.05) is 33.4 Å². The molecule has 3 rings (SSSR count). The van der Waals surface area contributed by atoms with Crippen LogP contribution in [0.25, 0.3) is 0 Å². The largest absolute Gasteiger partial charge is 0.487 e. The molecule has 2 aliphatic heterocycles. The number of likely N-dealkylation sites (tertiary alicyclic amines) is 1. The van der Waals surface area contributed by atoms with Crippen LogP contribution in [0.15, 0.2) is 29.2 Å². The number of nitrogens with zero attached hydrogens (tertiary/aromatic N) is 2. The van der Waals surface area contributed by atoms with Crippen LogP contribution in [-0.4, -0.2) is 69.0 Å². The van der Waals surface area contributed by atoms with Crippen LogP contribution in [0.2, 0.25) is 0 Å². The van der Waals surface area contributed by atoms with Crippen molar-refractivity contribution in [2.45, 2.75) is 49.6 Å². The van der Waals surface area contributed by atoms with Gasteiger partial charge in [0.15, 0.2) is 0 Å². The number of amides is 1. The molecule has 0 spiro atoms. The van der Waals surface area contributed by atoms with Crippen molar-refractivity contribution >= 4 is 15.9 Å². The summed E-state index contributed by atoms with van der Waals surface area (Å²) in [6, 6.07) is 6.46. The van der Waals surface area contributed by atoms with Crippen molar-refractivity contribution in [3.8, 4) is 5.75 Å². The van der Waals surface area contributed by atoms with Gasteiger partial charge in [0.25, 0.3) is 0 Å². The Morgan fingerprint density at radius 3 is 2.74 bits per heavy atom. The molecule has 27 heavy (non-hydrogen) atoms. The highest BCUT2D eigenvalue weighted by Gasteiger charge is 2.43. The predicted molar refractivity (Wildman–Crippen MR) is 101 cm³/mol. The Morgan fingerprint density at radius 2 is 2.00 bits per heavy atom. The molecule has 2 atom stereocenters. The lowest BCUT2D eigenvalue weighted by Crippen LogP contribution is -2.48. The molecular weight excluding hydrogens is 368 g/mol. The minimum absolute atomic E-state index is 0.126. The number of carbonyl (C=O) groups is 1. The maximum atomic E-state index is 13.3. The third-order valence-electron chi connectivity index (χ3n) is 5.22. The maximum Gasteiger partial charge on any atom is 0.247 e. The number of carbonyl (C=O) groups excluding carboxylic acids is 1. The second-order valence-electron chi connectivity index (χ2n) is 6.99. The lowest BCUT2D eigenvalue weighted by atomic mass is 10.1. The maximum absolute atomic E-state index is 13.3. The second-order valence-corrected chi connectivity index (χ2v) is 8.85. The fourth-order valence-electron chi connectivity index (χ4n) is 3.85. The van der Waals surface area contributed by atoms with E-state index in [0.29, 0.717) is 44.7 Å². The zero-order valence-corrected chi connectivity index (χ0v) is 16.8. The summed E-state index contributed by atoms with van der Waals surface area (Å²) in [6.07, 6.45) is 2.19. The lowest BCUT2D eigenvalue weighted by Gasteiger charge is -2.31. The molecule has 0 unspecified atom stereocenters. The van der Waals surface area contributed by atoms with Crippen molar-refractivity contribution < 1.29 is 22.7 Å². The summed E-state index contributed by atoms with van der Waals surface area (Å²) >= 11 is 0. The molecular formula is C19H28N2O5S. The summed E-state index contributed by atoms with van der Waals surface area (Å²) in [7, 11) is -2.14. The summed E-state index contributed by atoms with van der Waals surface area (Å²) in [5.74, 6) is 0.515. The highest BCUT2D eigenvalue weighted by Crippen LogP contribution is 2.36. The van der Waals surface area contributed by atoms with Crippen molar-refractivity contribution in [3.05, 3.63) is 24.3 Å². The topological polar surface area (TPSA) is 76.2 Å². The number of rotatable bonds is 5. The van der Waals surface area contributed by atoms with Crippen LogP contribution in [0, 0.1) is 0 Å². The average molecular weight is 397 g/mol. The van der Waals surface area contributed by atoms with E-state index in [-0.39, 0.29) is 29.5 Å². The normalized spacial score (nSPS) is 24.9. The van der Waals surface area contributed by atoms with E-state index in [1.54, 1.807) is 31.4 Å². The zero-order valence-electron chi connectivity index (χ0n) is 16.0. The van der Waals surface area contributed by atoms with Gasteiger partial charge in [0.1, 0.15) is 16.7 Å². The summed E-state index contributed by atoms with van der Waals surface area (Å²) in [5.41, 5.74) is 0. The first-order valence-electron chi connectivity index (χ1n) is 9.53. The molecule has 2 aliphatic rings. The SMILES string of the molecule is CCCC(=O)N1CC[C@@H]2[C@@H](CC1)Oc1ccccc1S(=O)(=O)N2CCOC. The minimum Gasteiger partial charge on any atom is -0.487 e. The molecule has 8 heteroatoms. The van der Waals surface area contributed by atoms with Crippen LogP contribution < -0.4 is 4.74 Å². The van der Waals surface area contributed by atoms with Gasteiger partial charge in [-0.1, -0.05) is 19.1 Å². The van der Waals surface area contributed by atoms with E-state index in [0.717, 1.165) is 6.42 Å². The van der Waals surface area contributed by atoms with Gasteiger partial charge in [-0.05, 0) is 25.0 Å². The minimum atomic E-state index is -3.70. The monoisotopic (exact) mass is 396 g/mol. The summed E-state index contributed by atoms with van der Waals surface area (Å²) in [6.45, 7) is 3.68. The first-order valence-corrected chi connectivity index (χ1v) is 11.0. The Morgan fingerprint density at radius 1 is 1.26 bits per heavy atom. The van der Waals surface area contributed by atoms with Crippen molar-refractivity contribution in [1.29, 1.82) is 0 Å². The molecule has 0 radical (unpaired) electrons. The van der Waals surface area contributed by atoms with Crippen LogP contribution in [0.3, 0.4) is 0 Å². The zero-order chi connectivity index (χ0) is 19.4. The highest BCUT2D eigenvalue weighted by molar-refractivity contribution is 7.89. The number of para-hydroxylation sites is 1. The lowest BCUT2D eigenvalue weighted by molar-refractivity contribution is -0.131. The molecule has 0 bridgehead atoms. The van der Waals surface area contributed by atoms with Crippen LogP contribution in [0.5, 0.6) is 5.75 Å². The van der Waals surface area contributed by atoms with Crippen molar-refractivity contribution in [1.82, 2.24) is 9.21 Å². The fraction of sp³-hybridized carbons (Fsp3) is 0.632. The van der Waals surface area contributed by atoms with E-state index in [1.807, 2.05) is 11.8 Å². The van der Waals surface area contributed by atoms with Gasteiger partial charge in [-0.15, -0.1) is 0 Å². The third kappa shape index (κ3) is 4.12. The number of hydrogen-bond donors (Lipinski definition) is 0. The summed E-state index contributed by atoms with van der Waals surface area (Å²) < 4.78 is 39.5. The molecule has 0 N–H and O–H groups in total. The molecule has 0 saturated carbocycles. The number of ether oxygens (including phenoxy) is 2. The van der Waals surface area contributed by atoms with Gasteiger partial charge < -0.3 is 14.4 Å². The second kappa shape index (κ2) is 8.58. The molecule has 7 nitrogen and oxygen atoms in total. The molecule has 1 aromatic carbocycles. The van der Waals surface area contributed by atoms with Gasteiger partial charge in [0.2, 0.25) is 15.9 Å².